The molecule has 26 heavy (non-hydrogen) atoms. The molecule has 0 spiro atoms. The van der Waals surface area contributed by atoms with Crippen molar-refractivity contribution < 1.29 is 19.1 Å². The van der Waals surface area contributed by atoms with Crippen LogP contribution in [0.4, 0.5) is 0 Å². The minimum Gasteiger partial charge on any atom is -0.493 e. The lowest BCUT2D eigenvalue weighted by atomic mass is 10.0. The van der Waals surface area contributed by atoms with Crippen LogP contribution < -0.4 is 9.47 Å². The monoisotopic (exact) mass is 360 g/mol. The maximum absolute atomic E-state index is 12.4. The van der Waals surface area contributed by atoms with Crippen molar-refractivity contribution in [2.45, 2.75) is 32.8 Å². The lowest BCUT2D eigenvalue weighted by Crippen LogP contribution is -2.38. The third-order valence-electron chi connectivity index (χ3n) is 4.16. The molecule has 0 bridgehead atoms. The fourth-order valence-corrected chi connectivity index (χ4v) is 2.87. The molecule has 2 rings (SSSR count). The molecule has 0 unspecified atom stereocenters. The molecule has 0 aromatic heterocycles. The molecule has 6 heteroatoms. The molecule has 1 aliphatic rings. The summed E-state index contributed by atoms with van der Waals surface area (Å²) in [5.74, 6) is 1.75. The van der Waals surface area contributed by atoms with Crippen molar-refractivity contribution >= 4 is 11.6 Å². The van der Waals surface area contributed by atoms with Crippen LogP contribution in [0.2, 0.25) is 0 Å². The molecule has 1 aromatic carbocycles. The number of carbonyl (C=O) groups is 1. The molecule has 0 aliphatic carbocycles. The Bertz CT molecular complexity index is 670. The molecule has 1 heterocycles. The smallest absolute Gasteiger partial charge is 0.223 e. The molecule has 0 saturated carbocycles. The molecule has 1 amide bonds. The summed E-state index contributed by atoms with van der Waals surface area (Å²) in [5.41, 5.74) is 1.76. The number of benzene rings is 1. The minimum atomic E-state index is -0.158. The van der Waals surface area contributed by atoms with E-state index < -0.39 is 0 Å². The quantitative estimate of drug-likeness (QED) is 0.634. The Balaban J connectivity index is 2.02. The van der Waals surface area contributed by atoms with Crippen molar-refractivity contribution in [1.29, 1.82) is 0 Å². The lowest BCUT2D eigenvalue weighted by molar-refractivity contribution is -0.133. The molecule has 0 fully saturated rings. The van der Waals surface area contributed by atoms with Crippen molar-refractivity contribution in [3.8, 4) is 11.5 Å². The normalized spacial score (nSPS) is 16.0. The van der Waals surface area contributed by atoms with Gasteiger partial charge in [-0.15, -0.1) is 6.58 Å². The van der Waals surface area contributed by atoms with E-state index in [1.807, 2.05) is 32.0 Å². The van der Waals surface area contributed by atoms with E-state index in [0.29, 0.717) is 43.3 Å². The Labute approximate surface area is 155 Å². The van der Waals surface area contributed by atoms with E-state index in [2.05, 4.69) is 11.7 Å². The second-order valence-electron chi connectivity index (χ2n) is 6.72. The number of hydrogen-bond donors (Lipinski definition) is 0. The SMILES string of the molecule is C=CCN(C[C@H]1CC(c2ccc(OC)c(OC)c2)=NO1)C(=O)CC(C)C. The summed E-state index contributed by atoms with van der Waals surface area (Å²) in [6, 6.07) is 5.66. The van der Waals surface area contributed by atoms with Crippen LogP contribution in [0.25, 0.3) is 0 Å². The summed E-state index contributed by atoms with van der Waals surface area (Å²) in [5, 5.41) is 4.21. The number of rotatable bonds is 9. The van der Waals surface area contributed by atoms with E-state index >= 15 is 0 Å². The van der Waals surface area contributed by atoms with E-state index in [1.165, 1.54) is 0 Å². The highest BCUT2D eigenvalue weighted by Crippen LogP contribution is 2.29. The summed E-state index contributed by atoms with van der Waals surface area (Å²) in [6.45, 7) is 8.83. The Morgan fingerprint density at radius 1 is 1.38 bits per heavy atom. The van der Waals surface area contributed by atoms with Gasteiger partial charge >= 0.3 is 0 Å². The maximum atomic E-state index is 12.4. The molecule has 1 aliphatic heterocycles. The first-order chi connectivity index (χ1) is 12.5. The number of carbonyl (C=O) groups excluding carboxylic acids is 1. The summed E-state index contributed by atoms with van der Waals surface area (Å²) in [4.78, 5) is 19.7. The van der Waals surface area contributed by atoms with E-state index in [-0.39, 0.29) is 12.0 Å². The van der Waals surface area contributed by atoms with Gasteiger partial charge in [0.05, 0.1) is 26.5 Å². The molecule has 142 valence electrons. The Hall–Kier alpha value is -2.50. The number of ether oxygens (including phenoxy) is 2. The van der Waals surface area contributed by atoms with Crippen molar-refractivity contribution in [3.63, 3.8) is 0 Å². The van der Waals surface area contributed by atoms with E-state index in [0.717, 1.165) is 11.3 Å². The average Bonchev–Trinajstić information content (AvgIpc) is 3.08. The number of oxime groups is 1. The second kappa shape index (κ2) is 9.27. The fraction of sp³-hybridized carbons (Fsp3) is 0.500. The van der Waals surface area contributed by atoms with Crippen LogP contribution in [-0.4, -0.2) is 49.9 Å². The average molecular weight is 360 g/mol. The summed E-state index contributed by atoms with van der Waals surface area (Å²) in [7, 11) is 3.21. The number of amides is 1. The van der Waals surface area contributed by atoms with Gasteiger partial charge in [-0.2, -0.15) is 0 Å². The van der Waals surface area contributed by atoms with Crippen molar-refractivity contribution in [1.82, 2.24) is 4.90 Å². The zero-order chi connectivity index (χ0) is 19.1. The Morgan fingerprint density at radius 2 is 2.12 bits per heavy atom. The van der Waals surface area contributed by atoms with Crippen molar-refractivity contribution in [3.05, 3.63) is 36.4 Å². The van der Waals surface area contributed by atoms with Crippen LogP contribution in [0.1, 0.15) is 32.3 Å². The molecule has 0 saturated heterocycles. The zero-order valence-corrected chi connectivity index (χ0v) is 16.0. The largest absolute Gasteiger partial charge is 0.493 e. The zero-order valence-electron chi connectivity index (χ0n) is 16.0. The first kappa shape index (κ1) is 19.8. The number of hydrogen-bond acceptors (Lipinski definition) is 5. The highest BCUT2D eigenvalue weighted by atomic mass is 16.6. The third kappa shape index (κ3) is 5.00. The van der Waals surface area contributed by atoms with E-state index in [4.69, 9.17) is 14.3 Å². The molecule has 1 atom stereocenters. The van der Waals surface area contributed by atoms with E-state index in [1.54, 1.807) is 25.2 Å². The van der Waals surface area contributed by atoms with Gasteiger partial charge in [0.25, 0.3) is 0 Å². The van der Waals surface area contributed by atoms with Gasteiger partial charge in [-0.3, -0.25) is 4.79 Å². The standard InChI is InChI=1S/C20H28N2O4/c1-6-9-22(20(23)10-14(2)3)13-16-12-17(21-26-16)15-7-8-18(24-4)19(11-15)25-5/h6-8,11,14,16H,1,9-10,12-13H2,2-5H3/t16-/m1/s1. The Morgan fingerprint density at radius 3 is 2.73 bits per heavy atom. The van der Waals surface area contributed by atoms with E-state index in [9.17, 15) is 4.79 Å². The van der Waals surface area contributed by atoms with Gasteiger partial charge in [0.1, 0.15) is 0 Å². The van der Waals surface area contributed by atoms with Crippen LogP contribution >= 0.6 is 0 Å². The van der Waals surface area contributed by atoms with Crippen LogP contribution in [0, 0.1) is 5.92 Å². The van der Waals surface area contributed by atoms with Gasteiger partial charge in [0.15, 0.2) is 17.6 Å². The predicted molar refractivity (Wildman–Crippen MR) is 102 cm³/mol. The van der Waals surface area contributed by atoms with Gasteiger partial charge in [-0.1, -0.05) is 25.1 Å². The van der Waals surface area contributed by atoms with Crippen LogP contribution in [0.5, 0.6) is 11.5 Å². The first-order valence-electron chi connectivity index (χ1n) is 8.82. The molecule has 0 N–H and O–H groups in total. The predicted octanol–water partition coefficient (Wildman–Crippen LogP) is 3.26. The number of nitrogens with zero attached hydrogens (tertiary/aromatic N) is 2. The van der Waals surface area contributed by atoms with Gasteiger partial charge in [-0.25, -0.2) is 0 Å². The van der Waals surface area contributed by atoms with Crippen molar-refractivity contribution in [2.24, 2.45) is 11.1 Å². The molecular weight excluding hydrogens is 332 g/mol. The highest BCUT2D eigenvalue weighted by molar-refractivity contribution is 6.01. The molecule has 6 nitrogen and oxygen atoms in total. The highest BCUT2D eigenvalue weighted by Gasteiger charge is 2.27. The molecule has 1 aromatic rings. The maximum Gasteiger partial charge on any atom is 0.223 e. The van der Waals surface area contributed by atoms with Gasteiger partial charge < -0.3 is 19.2 Å². The van der Waals surface area contributed by atoms with Crippen molar-refractivity contribution in [2.75, 3.05) is 27.3 Å². The molecule has 0 radical (unpaired) electrons. The molecular formula is C20H28N2O4. The van der Waals surface area contributed by atoms with Gasteiger partial charge in [-0.05, 0) is 24.1 Å². The summed E-state index contributed by atoms with van der Waals surface area (Å²) >= 11 is 0. The fourth-order valence-electron chi connectivity index (χ4n) is 2.87. The summed E-state index contributed by atoms with van der Waals surface area (Å²) in [6.07, 6.45) is 2.74. The third-order valence-corrected chi connectivity index (χ3v) is 4.16. The number of methoxy groups -OCH3 is 2. The Kier molecular flexibility index (Phi) is 7.06. The van der Waals surface area contributed by atoms with Crippen LogP contribution in [0.3, 0.4) is 0 Å². The van der Waals surface area contributed by atoms with Gasteiger partial charge in [0, 0.05) is 24.9 Å². The topological polar surface area (TPSA) is 60.4 Å². The van der Waals surface area contributed by atoms with Gasteiger partial charge in [0.2, 0.25) is 5.91 Å². The minimum absolute atomic E-state index is 0.114. The van der Waals surface area contributed by atoms with Crippen LogP contribution in [0.15, 0.2) is 36.0 Å². The summed E-state index contributed by atoms with van der Waals surface area (Å²) < 4.78 is 10.6. The van der Waals surface area contributed by atoms with Crippen LogP contribution in [-0.2, 0) is 9.63 Å². The second-order valence-corrected chi connectivity index (χ2v) is 6.72. The first-order valence-corrected chi connectivity index (χ1v) is 8.82. The lowest BCUT2D eigenvalue weighted by Gasteiger charge is -2.24.